The Balaban J connectivity index is 1.80. The van der Waals surface area contributed by atoms with Crippen LogP contribution in [0.15, 0.2) is 24.1 Å². The van der Waals surface area contributed by atoms with Crippen LogP contribution < -0.4 is 11.1 Å². The predicted octanol–water partition coefficient (Wildman–Crippen LogP) is 2.85. The number of rotatable bonds is 5. The van der Waals surface area contributed by atoms with Gasteiger partial charge in [-0.25, -0.2) is 9.97 Å². The van der Waals surface area contributed by atoms with E-state index in [2.05, 4.69) is 26.6 Å². The van der Waals surface area contributed by atoms with Crippen LogP contribution in [0.1, 0.15) is 11.9 Å². The third kappa shape index (κ3) is 3.06. The zero-order valence-corrected chi connectivity index (χ0v) is 13.4. The standard InChI is InChI=1S/C13H16N6S2/c1-8(5-19-4-3-15-7-19)16-13-11(12(14)18-21-13)10-6-20-9(2)17-10/h3-4,6-8,16H,5H2,1-2H3,(H2,14,18). The summed E-state index contributed by atoms with van der Waals surface area (Å²) in [5, 5.41) is 7.47. The Labute approximate surface area is 130 Å². The first-order chi connectivity index (χ1) is 10.1. The molecule has 3 aromatic heterocycles. The molecule has 0 aliphatic heterocycles. The molecule has 110 valence electrons. The Morgan fingerprint density at radius 1 is 1.48 bits per heavy atom. The summed E-state index contributed by atoms with van der Waals surface area (Å²) in [7, 11) is 0. The van der Waals surface area contributed by atoms with Gasteiger partial charge < -0.3 is 15.6 Å². The zero-order valence-electron chi connectivity index (χ0n) is 11.8. The van der Waals surface area contributed by atoms with Crippen molar-refractivity contribution in [2.24, 2.45) is 0 Å². The molecule has 6 nitrogen and oxygen atoms in total. The Morgan fingerprint density at radius 2 is 2.33 bits per heavy atom. The van der Waals surface area contributed by atoms with Gasteiger partial charge >= 0.3 is 0 Å². The average molecular weight is 320 g/mol. The number of aryl methyl sites for hydroxylation is 1. The number of hydrogen-bond donors (Lipinski definition) is 2. The molecule has 1 atom stereocenters. The Morgan fingerprint density at radius 3 is 3.00 bits per heavy atom. The minimum atomic E-state index is 0.234. The lowest BCUT2D eigenvalue weighted by Crippen LogP contribution is -2.21. The molecule has 0 spiro atoms. The molecule has 3 N–H and O–H groups in total. The third-order valence-electron chi connectivity index (χ3n) is 3.01. The van der Waals surface area contributed by atoms with Gasteiger partial charge in [-0.05, 0) is 25.4 Å². The second kappa shape index (κ2) is 5.82. The molecule has 21 heavy (non-hydrogen) atoms. The van der Waals surface area contributed by atoms with Gasteiger partial charge in [0.05, 0.1) is 22.6 Å². The van der Waals surface area contributed by atoms with Crippen molar-refractivity contribution in [2.45, 2.75) is 26.4 Å². The van der Waals surface area contributed by atoms with Crippen molar-refractivity contribution in [1.29, 1.82) is 0 Å². The molecule has 3 aromatic rings. The fraction of sp³-hybridized carbons (Fsp3) is 0.308. The van der Waals surface area contributed by atoms with E-state index < -0.39 is 0 Å². The molecule has 1 unspecified atom stereocenters. The largest absolute Gasteiger partial charge is 0.382 e. The van der Waals surface area contributed by atoms with Gasteiger partial charge in [-0.15, -0.1) is 11.3 Å². The SMILES string of the molecule is Cc1nc(-c2c(N)nsc2NC(C)Cn2ccnc2)cs1. The van der Waals surface area contributed by atoms with Crippen molar-refractivity contribution in [3.8, 4) is 11.3 Å². The van der Waals surface area contributed by atoms with Crippen LogP contribution >= 0.6 is 22.9 Å². The maximum atomic E-state index is 6.00. The lowest BCUT2D eigenvalue weighted by molar-refractivity contribution is 0.620. The number of nitrogens with one attached hydrogen (secondary N) is 1. The van der Waals surface area contributed by atoms with E-state index in [4.69, 9.17) is 5.73 Å². The highest BCUT2D eigenvalue weighted by Gasteiger charge is 2.17. The number of imidazole rings is 1. The summed E-state index contributed by atoms with van der Waals surface area (Å²) < 4.78 is 6.29. The van der Waals surface area contributed by atoms with Crippen LogP contribution in [-0.4, -0.2) is 25.0 Å². The van der Waals surface area contributed by atoms with Crippen molar-refractivity contribution in [2.75, 3.05) is 11.1 Å². The van der Waals surface area contributed by atoms with E-state index in [1.165, 1.54) is 11.5 Å². The summed E-state index contributed by atoms with van der Waals surface area (Å²) in [4.78, 5) is 8.56. The van der Waals surface area contributed by atoms with Crippen LogP contribution in [0.4, 0.5) is 10.8 Å². The maximum absolute atomic E-state index is 6.00. The maximum Gasteiger partial charge on any atom is 0.148 e. The van der Waals surface area contributed by atoms with Crippen LogP contribution in [0, 0.1) is 6.92 Å². The number of anilines is 2. The fourth-order valence-corrected chi connectivity index (χ4v) is 3.55. The van der Waals surface area contributed by atoms with Gasteiger partial charge in [0.25, 0.3) is 0 Å². The smallest absolute Gasteiger partial charge is 0.148 e. The molecule has 0 aliphatic rings. The van der Waals surface area contributed by atoms with Crippen molar-refractivity contribution in [3.63, 3.8) is 0 Å². The zero-order chi connectivity index (χ0) is 14.8. The quantitative estimate of drug-likeness (QED) is 0.755. The van der Waals surface area contributed by atoms with Crippen molar-refractivity contribution < 1.29 is 0 Å². The number of aromatic nitrogens is 4. The molecule has 3 heterocycles. The van der Waals surface area contributed by atoms with Gasteiger partial charge in [0.1, 0.15) is 10.8 Å². The first-order valence-electron chi connectivity index (χ1n) is 6.53. The molecule has 3 rings (SSSR count). The molecule has 0 saturated heterocycles. The number of hydrogen-bond acceptors (Lipinski definition) is 7. The normalized spacial score (nSPS) is 12.5. The fourth-order valence-electron chi connectivity index (χ4n) is 2.11. The van der Waals surface area contributed by atoms with E-state index in [-0.39, 0.29) is 6.04 Å². The molecule has 0 amide bonds. The highest BCUT2D eigenvalue weighted by molar-refractivity contribution is 7.11. The van der Waals surface area contributed by atoms with Crippen LogP contribution in [0.3, 0.4) is 0 Å². The van der Waals surface area contributed by atoms with Crippen molar-refractivity contribution >= 4 is 33.7 Å². The minimum absolute atomic E-state index is 0.234. The highest BCUT2D eigenvalue weighted by atomic mass is 32.1. The third-order valence-corrected chi connectivity index (χ3v) is 4.58. The van der Waals surface area contributed by atoms with E-state index in [1.807, 2.05) is 29.4 Å². The van der Waals surface area contributed by atoms with Gasteiger partial charge in [0, 0.05) is 30.4 Å². The van der Waals surface area contributed by atoms with Gasteiger partial charge in [-0.1, -0.05) is 0 Å². The van der Waals surface area contributed by atoms with E-state index in [9.17, 15) is 0 Å². The second-order valence-corrected chi connectivity index (χ2v) is 6.66. The molecule has 0 aromatic carbocycles. The van der Waals surface area contributed by atoms with E-state index in [0.717, 1.165) is 27.8 Å². The summed E-state index contributed by atoms with van der Waals surface area (Å²) in [5.74, 6) is 0.530. The van der Waals surface area contributed by atoms with Crippen molar-refractivity contribution in [3.05, 3.63) is 29.1 Å². The van der Waals surface area contributed by atoms with Crippen molar-refractivity contribution in [1.82, 2.24) is 18.9 Å². The first-order valence-corrected chi connectivity index (χ1v) is 8.18. The lowest BCUT2D eigenvalue weighted by atomic mass is 10.2. The monoisotopic (exact) mass is 320 g/mol. The van der Waals surface area contributed by atoms with Gasteiger partial charge in [-0.2, -0.15) is 4.37 Å². The highest BCUT2D eigenvalue weighted by Crippen LogP contribution is 2.37. The summed E-state index contributed by atoms with van der Waals surface area (Å²) in [6, 6.07) is 0.234. The first kappa shape index (κ1) is 14.0. The molecule has 0 radical (unpaired) electrons. The Hall–Kier alpha value is -1.93. The summed E-state index contributed by atoms with van der Waals surface area (Å²) in [6.07, 6.45) is 5.54. The van der Waals surface area contributed by atoms with Gasteiger partial charge in [0.2, 0.25) is 0 Å². The van der Waals surface area contributed by atoms with Crippen LogP contribution in [0.5, 0.6) is 0 Å². The predicted molar refractivity (Wildman–Crippen MR) is 87.7 cm³/mol. The molecule has 0 saturated carbocycles. The topological polar surface area (TPSA) is 81.6 Å². The van der Waals surface area contributed by atoms with Crippen LogP contribution in [-0.2, 0) is 6.54 Å². The van der Waals surface area contributed by atoms with Crippen LogP contribution in [0.2, 0.25) is 0 Å². The number of thiazole rings is 1. The molecule has 0 fully saturated rings. The second-order valence-electron chi connectivity index (χ2n) is 4.83. The number of nitrogen functional groups attached to an aromatic ring is 1. The molecule has 0 bridgehead atoms. The lowest BCUT2D eigenvalue weighted by Gasteiger charge is -2.15. The van der Waals surface area contributed by atoms with Gasteiger partial charge in [-0.3, -0.25) is 0 Å². The average Bonchev–Trinajstić information content (AvgIpc) is 3.13. The van der Waals surface area contributed by atoms with E-state index in [0.29, 0.717) is 5.82 Å². The molecule has 0 aliphatic carbocycles. The molecule has 8 heteroatoms. The van der Waals surface area contributed by atoms with E-state index >= 15 is 0 Å². The molecular weight excluding hydrogens is 304 g/mol. The summed E-state index contributed by atoms with van der Waals surface area (Å²) >= 11 is 2.99. The molecular formula is C13H16N6S2. The van der Waals surface area contributed by atoms with Crippen LogP contribution in [0.25, 0.3) is 11.3 Å². The Kier molecular flexibility index (Phi) is 3.89. The minimum Gasteiger partial charge on any atom is -0.382 e. The number of nitrogens with two attached hydrogens (primary N) is 1. The Bertz CT molecular complexity index is 715. The summed E-state index contributed by atoms with van der Waals surface area (Å²) in [6.45, 7) is 4.93. The van der Waals surface area contributed by atoms with Gasteiger partial charge in [0.15, 0.2) is 0 Å². The number of nitrogens with zero attached hydrogens (tertiary/aromatic N) is 4. The van der Waals surface area contributed by atoms with E-state index in [1.54, 1.807) is 17.5 Å². The summed E-state index contributed by atoms with van der Waals surface area (Å²) in [5.41, 5.74) is 7.80.